The normalized spacial score (nSPS) is 11.4. The third-order valence-electron chi connectivity index (χ3n) is 4.12. The third kappa shape index (κ3) is 4.52. The van der Waals surface area contributed by atoms with Gasteiger partial charge in [0, 0.05) is 28.6 Å². The van der Waals surface area contributed by atoms with Gasteiger partial charge in [-0.25, -0.2) is 19.0 Å². The maximum Gasteiger partial charge on any atom is 0.269 e. The van der Waals surface area contributed by atoms with Crippen LogP contribution in [0, 0.1) is 15.9 Å². The number of thiazole rings is 1. The van der Waals surface area contributed by atoms with Crippen LogP contribution in [0.4, 0.5) is 15.2 Å². The maximum atomic E-state index is 13.1. The fraction of sp³-hybridized carbons (Fsp3) is 0.0526. The second-order valence-electron chi connectivity index (χ2n) is 6.11. The van der Waals surface area contributed by atoms with Gasteiger partial charge in [-0.3, -0.25) is 15.5 Å². The monoisotopic (exact) mass is 423 g/mol. The van der Waals surface area contributed by atoms with Gasteiger partial charge in [-0.1, -0.05) is 0 Å². The van der Waals surface area contributed by atoms with Crippen LogP contribution in [0.15, 0.2) is 71.7 Å². The van der Waals surface area contributed by atoms with Gasteiger partial charge in [-0.2, -0.15) is 10.2 Å². The Morgan fingerprint density at radius 3 is 2.63 bits per heavy atom. The van der Waals surface area contributed by atoms with E-state index in [-0.39, 0.29) is 11.5 Å². The summed E-state index contributed by atoms with van der Waals surface area (Å²) in [6, 6.07) is 12.2. The van der Waals surface area contributed by atoms with Crippen LogP contribution in [0.3, 0.4) is 0 Å². The molecule has 0 bridgehead atoms. The number of nitrogens with zero attached hydrogens (tertiary/aromatic N) is 6. The van der Waals surface area contributed by atoms with Gasteiger partial charge in [0.1, 0.15) is 18.5 Å². The van der Waals surface area contributed by atoms with E-state index in [1.165, 1.54) is 41.9 Å². The molecule has 1 N–H and O–H groups in total. The molecule has 0 aliphatic heterocycles. The highest BCUT2D eigenvalue weighted by Gasteiger charge is 2.11. The Hall–Kier alpha value is -3.99. The van der Waals surface area contributed by atoms with Gasteiger partial charge < -0.3 is 0 Å². The number of anilines is 1. The summed E-state index contributed by atoms with van der Waals surface area (Å²) >= 11 is 1.35. The number of nitrogens with one attached hydrogen (secondary N) is 1. The van der Waals surface area contributed by atoms with Crippen molar-refractivity contribution in [3.05, 3.63) is 88.1 Å². The zero-order valence-corrected chi connectivity index (χ0v) is 16.2. The standard InChI is InChI=1S/C19H14FN7O2S/c20-15-5-1-14(2-6-15)18-10-30-19(23-18)25-24-17(9-26-12-21-11-22-26)13-3-7-16(8-4-13)27(28)29/h1-8,10-12H,9H2,(H,23,25)/b24-17-. The number of nitro groups is 1. The van der Waals surface area contributed by atoms with Crippen LogP contribution in [0.25, 0.3) is 11.3 Å². The lowest BCUT2D eigenvalue weighted by molar-refractivity contribution is -0.384. The summed E-state index contributed by atoms with van der Waals surface area (Å²) in [5.74, 6) is -0.308. The highest BCUT2D eigenvalue weighted by atomic mass is 32.1. The smallest absolute Gasteiger partial charge is 0.258 e. The molecule has 0 unspecified atom stereocenters. The molecule has 0 fully saturated rings. The molecule has 0 spiro atoms. The SMILES string of the molecule is O=[N+]([O-])c1ccc(/C(Cn2cncn2)=N\Nc2nc(-c3ccc(F)cc3)cs2)cc1. The van der Waals surface area contributed by atoms with Crippen molar-refractivity contribution in [1.29, 1.82) is 0 Å². The van der Waals surface area contributed by atoms with Crippen molar-refractivity contribution >= 4 is 27.9 Å². The second kappa shape index (κ2) is 8.57. The van der Waals surface area contributed by atoms with Crippen LogP contribution < -0.4 is 5.43 Å². The van der Waals surface area contributed by atoms with Gasteiger partial charge >= 0.3 is 0 Å². The van der Waals surface area contributed by atoms with Crippen LogP contribution in [0.1, 0.15) is 5.56 Å². The number of nitro benzene ring substituents is 1. The lowest BCUT2D eigenvalue weighted by atomic mass is 10.1. The molecule has 4 aromatic rings. The number of hydrogen-bond acceptors (Lipinski definition) is 8. The zero-order valence-electron chi connectivity index (χ0n) is 15.3. The number of rotatable bonds is 7. The highest BCUT2D eigenvalue weighted by molar-refractivity contribution is 7.14. The fourth-order valence-electron chi connectivity index (χ4n) is 2.63. The molecule has 4 rings (SSSR count). The van der Waals surface area contributed by atoms with Gasteiger partial charge in [0.25, 0.3) is 5.69 Å². The first kappa shape index (κ1) is 19.3. The molecule has 0 saturated heterocycles. The van der Waals surface area contributed by atoms with Crippen molar-refractivity contribution in [1.82, 2.24) is 19.7 Å². The average molecular weight is 423 g/mol. The van der Waals surface area contributed by atoms with E-state index >= 15 is 0 Å². The van der Waals surface area contributed by atoms with Gasteiger partial charge in [0.05, 0.1) is 22.9 Å². The van der Waals surface area contributed by atoms with E-state index in [1.54, 1.807) is 35.3 Å². The Kier molecular flexibility index (Phi) is 5.52. The summed E-state index contributed by atoms with van der Waals surface area (Å²) in [6.45, 7) is 0.307. The second-order valence-corrected chi connectivity index (χ2v) is 6.97. The van der Waals surface area contributed by atoms with E-state index < -0.39 is 4.92 Å². The molecule has 2 aromatic heterocycles. The first-order valence-electron chi connectivity index (χ1n) is 8.70. The number of benzene rings is 2. The Bertz CT molecular complexity index is 1170. The largest absolute Gasteiger partial charge is 0.269 e. The lowest BCUT2D eigenvalue weighted by Crippen LogP contribution is -2.14. The summed E-state index contributed by atoms with van der Waals surface area (Å²) < 4.78 is 14.7. The van der Waals surface area contributed by atoms with E-state index in [4.69, 9.17) is 0 Å². The molecule has 0 aliphatic carbocycles. The van der Waals surface area contributed by atoms with Crippen molar-refractivity contribution < 1.29 is 9.31 Å². The quantitative estimate of drug-likeness (QED) is 0.274. The van der Waals surface area contributed by atoms with E-state index in [9.17, 15) is 14.5 Å². The minimum absolute atomic E-state index is 0.00400. The molecule has 0 radical (unpaired) electrons. The van der Waals surface area contributed by atoms with Crippen molar-refractivity contribution in [2.75, 3.05) is 5.43 Å². The van der Waals surface area contributed by atoms with E-state index in [2.05, 4.69) is 25.6 Å². The van der Waals surface area contributed by atoms with Crippen molar-refractivity contribution in [2.24, 2.45) is 5.10 Å². The minimum atomic E-state index is -0.456. The zero-order chi connectivity index (χ0) is 20.9. The number of hydrazone groups is 1. The lowest BCUT2D eigenvalue weighted by Gasteiger charge is -2.07. The predicted octanol–water partition coefficient (Wildman–Crippen LogP) is 3.97. The van der Waals surface area contributed by atoms with Gasteiger partial charge in [0.2, 0.25) is 5.13 Å². The molecule has 0 aliphatic rings. The van der Waals surface area contributed by atoms with Crippen molar-refractivity contribution in [3.63, 3.8) is 0 Å². The van der Waals surface area contributed by atoms with Gasteiger partial charge in [-0.15, -0.1) is 11.3 Å². The molecular weight excluding hydrogens is 409 g/mol. The predicted molar refractivity (Wildman–Crippen MR) is 111 cm³/mol. The van der Waals surface area contributed by atoms with Crippen molar-refractivity contribution in [2.45, 2.75) is 6.54 Å². The summed E-state index contributed by atoms with van der Waals surface area (Å²) in [6.07, 6.45) is 2.97. The highest BCUT2D eigenvalue weighted by Crippen LogP contribution is 2.25. The van der Waals surface area contributed by atoms with Crippen molar-refractivity contribution in [3.8, 4) is 11.3 Å². The molecule has 0 saturated carbocycles. The Balaban J connectivity index is 1.57. The number of halogens is 1. The maximum absolute atomic E-state index is 13.1. The number of aromatic nitrogens is 4. The summed E-state index contributed by atoms with van der Waals surface area (Å²) in [5, 5.41) is 21.8. The summed E-state index contributed by atoms with van der Waals surface area (Å²) in [5.41, 5.74) is 5.70. The molecule has 0 atom stereocenters. The third-order valence-corrected chi connectivity index (χ3v) is 4.87. The Labute approximate surface area is 173 Å². The van der Waals surface area contributed by atoms with Gasteiger partial charge in [-0.05, 0) is 36.4 Å². The molecule has 30 heavy (non-hydrogen) atoms. The number of non-ortho nitro benzene ring substituents is 1. The molecule has 0 amide bonds. The molecule has 9 nitrogen and oxygen atoms in total. The minimum Gasteiger partial charge on any atom is -0.258 e. The first-order valence-corrected chi connectivity index (χ1v) is 9.58. The summed E-state index contributed by atoms with van der Waals surface area (Å²) in [7, 11) is 0. The number of hydrogen-bond donors (Lipinski definition) is 1. The summed E-state index contributed by atoms with van der Waals surface area (Å²) in [4.78, 5) is 18.8. The van der Waals surface area contributed by atoms with Crippen LogP contribution in [0.5, 0.6) is 0 Å². The van der Waals surface area contributed by atoms with Crippen LogP contribution in [0.2, 0.25) is 0 Å². The molecule has 11 heteroatoms. The Morgan fingerprint density at radius 1 is 1.20 bits per heavy atom. The van der Waals surface area contributed by atoms with Crippen LogP contribution in [-0.4, -0.2) is 30.4 Å². The van der Waals surface area contributed by atoms with E-state index in [1.807, 2.05) is 5.38 Å². The topological polar surface area (TPSA) is 111 Å². The van der Waals surface area contributed by atoms with Gasteiger partial charge in [0.15, 0.2) is 0 Å². The van der Waals surface area contributed by atoms with E-state index in [0.717, 1.165) is 5.56 Å². The Morgan fingerprint density at radius 2 is 1.97 bits per heavy atom. The average Bonchev–Trinajstić information content (AvgIpc) is 3.44. The molecule has 150 valence electrons. The first-order chi connectivity index (χ1) is 14.6. The molecular formula is C19H14FN7O2S. The van der Waals surface area contributed by atoms with Crippen LogP contribution in [-0.2, 0) is 6.54 Å². The molecule has 2 aromatic carbocycles. The fourth-order valence-corrected chi connectivity index (χ4v) is 3.29. The van der Waals surface area contributed by atoms with Crippen LogP contribution >= 0.6 is 11.3 Å². The van der Waals surface area contributed by atoms with E-state index in [0.29, 0.717) is 28.6 Å². The molecule has 2 heterocycles.